The van der Waals surface area contributed by atoms with E-state index >= 15 is 0 Å². The van der Waals surface area contributed by atoms with E-state index in [1.165, 1.54) is 25.7 Å². The number of ether oxygens (including phenoxy) is 1. The van der Waals surface area contributed by atoms with Crippen LogP contribution in [0.15, 0.2) is 0 Å². The molecule has 18 heavy (non-hydrogen) atoms. The summed E-state index contributed by atoms with van der Waals surface area (Å²) < 4.78 is 5.69. The van der Waals surface area contributed by atoms with Gasteiger partial charge in [-0.25, -0.2) is 0 Å². The molecule has 0 amide bonds. The smallest absolute Gasteiger partial charge is 0.0599 e. The molecule has 0 bridgehead atoms. The zero-order valence-electron chi connectivity index (χ0n) is 11.8. The van der Waals surface area contributed by atoms with Crippen molar-refractivity contribution in [1.82, 2.24) is 4.90 Å². The summed E-state index contributed by atoms with van der Waals surface area (Å²) in [6, 6.07) is 0. The third kappa shape index (κ3) is 4.22. The highest BCUT2D eigenvalue weighted by Crippen LogP contribution is 2.25. The second kappa shape index (κ2) is 7.46. The van der Waals surface area contributed by atoms with Gasteiger partial charge in [0, 0.05) is 26.2 Å². The molecular weight excluding hydrogens is 226 g/mol. The van der Waals surface area contributed by atoms with Gasteiger partial charge in [-0.3, -0.25) is 0 Å². The molecular formula is C15H29NO2. The summed E-state index contributed by atoms with van der Waals surface area (Å²) in [6.45, 7) is 6.31. The maximum atomic E-state index is 10.2. The lowest BCUT2D eigenvalue weighted by Crippen LogP contribution is -2.41. The minimum atomic E-state index is -0.0582. The molecule has 1 saturated carbocycles. The summed E-state index contributed by atoms with van der Waals surface area (Å²) >= 11 is 0. The van der Waals surface area contributed by atoms with Gasteiger partial charge < -0.3 is 14.7 Å². The minimum Gasteiger partial charge on any atom is -0.393 e. The van der Waals surface area contributed by atoms with Crippen LogP contribution < -0.4 is 0 Å². The molecule has 3 heteroatoms. The van der Waals surface area contributed by atoms with Crippen LogP contribution in [0.2, 0.25) is 0 Å². The summed E-state index contributed by atoms with van der Waals surface area (Å²) in [4.78, 5) is 2.54. The Morgan fingerprint density at radius 2 is 1.78 bits per heavy atom. The highest BCUT2D eigenvalue weighted by molar-refractivity contribution is 4.79. The molecule has 0 aromatic heterocycles. The molecule has 0 radical (unpaired) electrons. The maximum absolute atomic E-state index is 10.2. The Kier molecular flexibility index (Phi) is 5.93. The average molecular weight is 255 g/mol. The zero-order valence-corrected chi connectivity index (χ0v) is 11.8. The van der Waals surface area contributed by atoms with Gasteiger partial charge in [0.1, 0.15) is 0 Å². The van der Waals surface area contributed by atoms with Gasteiger partial charge >= 0.3 is 0 Å². The minimum absolute atomic E-state index is 0.0582. The Labute approximate surface area is 112 Å². The van der Waals surface area contributed by atoms with E-state index in [-0.39, 0.29) is 6.10 Å². The van der Waals surface area contributed by atoms with Crippen molar-refractivity contribution in [1.29, 1.82) is 0 Å². The molecule has 1 aliphatic heterocycles. The zero-order chi connectivity index (χ0) is 12.8. The third-order valence-electron chi connectivity index (χ3n) is 4.55. The molecule has 0 aromatic rings. The molecule has 1 aliphatic carbocycles. The van der Waals surface area contributed by atoms with E-state index in [4.69, 9.17) is 4.74 Å². The van der Waals surface area contributed by atoms with Crippen molar-refractivity contribution >= 4 is 0 Å². The lowest BCUT2D eigenvalue weighted by Gasteiger charge is -2.35. The van der Waals surface area contributed by atoms with Crippen LogP contribution in [0.1, 0.15) is 51.9 Å². The number of piperidine rings is 1. The summed E-state index contributed by atoms with van der Waals surface area (Å²) in [7, 11) is 0. The second-order valence-corrected chi connectivity index (χ2v) is 5.92. The molecule has 2 rings (SSSR count). The van der Waals surface area contributed by atoms with Gasteiger partial charge in [-0.15, -0.1) is 0 Å². The van der Waals surface area contributed by atoms with E-state index in [0.29, 0.717) is 12.0 Å². The van der Waals surface area contributed by atoms with Gasteiger partial charge in [-0.05, 0) is 38.5 Å². The van der Waals surface area contributed by atoms with E-state index in [1.807, 2.05) is 0 Å². The SMILES string of the molecule is CCOC1CCN(CC2CCCCCC2O)CC1. The van der Waals surface area contributed by atoms with Crippen molar-refractivity contribution < 1.29 is 9.84 Å². The number of aliphatic hydroxyl groups is 1. The maximum Gasteiger partial charge on any atom is 0.0599 e. The number of hydrogen-bond donors (Lipinski definition) is 1. The quantitative estimate of drug-likeness (QED) is 0.783. The van der Waals surface area contributed by atoms with E-state index < -0.39 is 0 Å². The van der Waals surface area contributed by atoms with Gasteiger partial charge in [-0.2, -0.15) is 0 Å². The molecule has 2 fully saturated rings. The fourth-order valence-electron chi connectivity index (χ4n) is 3.40. The van der Waals surface area contributed by atoms with Crippen LogP contribution >= 0.6 is 0 Å². The van der Waals surface area contributed by atoms with Crippen molar-refractivity contribution in [2.24, 2.45) is 5.92 Å². The van der Waals surface area contributed by atoms with Gasteiger partial charge in [0.2, 0.25) is 0 Å². The lowest BCUT2D eigenvalue weighted by molar-refractivity contribution is 0.00201. The fourth-order valence-corrected chi connectivity index (χ4v) is 3.40. The van der Waals surface area contributed by atoms with Gasteiger partial charge in [0.05, 0.1) is 12.2 Å². The summed E-state index contributed by atoms with van der Waals surface area (Å²) in [5.41, 5.74) is 0. The van der Waals surface area contributed by atoms with E-state index in [1.54, 1.807) is 0 Å². The van der Waals surface area contributed by atoms with Crippen LogP contribution in [0.3, 0.4) is 0 Å². The Morgan fingerprint density at radius 1 is 1.06 bits per heavy atom. The van der Waals surface area contributed by atoms with Crippen molar-refractivity contribution in [3.8, 4) is 0 Å². The Hall–Kier alpha value is -0.120. The topological polar surface area (TPSA) is 32.7 Å². The molecule has 106 valence electrons. The highest BCUT2D eigenvalue weighted by Gasteiger charge is 2.26. The van der Waals surface area contributed by atoms with Crippen LogP contribution in [-0.4, -0.2) is 48.5 Å². The van der Waals surface area contributed by atoms with Gasteiger partial charge in [-0.1, -0.05) is 19.3 Å². The first-order valence-electron chi connectivity index (χ1n) is 7.81. The van der Waals surface area contributed by atoms with Crippen molar-refractivity contribution in [3.05, 3.63) is 0 Å². The van der Waals surface area contributed by atoms with Crippen LogP contribution in [-0.2, 0) is 4.74 Å². The Morgan fingerprint density at radius 3 is 2.50 bits per heavy atom. The van der Waals surface area contributed by atoms with Crippen LogP contribution in [0, 0.1) is 5.92 Å². The van der Waals surface area contributed by atoms with E-state index in [2.05, 4.69) is 11.8 Å². The molecule has 1 saturated heterocycles. The molecule has 0 aromatic carbocycles. The van der Waals surface area contributed by atoms with Gasteiger partial charge in [0.25, 0.3) is 0 Å². The standard InChI is InChI=1S/C15H29NO2/c1-2-18-14-8-10-16(11-9-14)12-13-6-4-3-5-7-15(13)17/h13-15,17H,2-12H2,1H3. The first-order valence-corrected chi connectivity index (χ1v) is 7.81. The predicted molar refractivity (Wildman–Crippen MR) is 73.7 cm³/mol. The van der Waals surface area contributed by atoms with Crippen LogP contribution in [0.5, 0.6) is 0 Å². The number of aliphatic hydroxyl groups excluding tert-OH is 1. The summed E-state index contributed by atoms with van der Waals surface area (Å²) in [5.74, 6) is 0.510. The number of likely N-dealkylation sites (tertiary alicyclic amines) is 1. The van der Waals surface area contributed by atoms with E-state index in [0.717, 1.165) is 45.5 Å². The second-order valence-electron chi connectivity index (χ2n) is 5.92. The number of hydrogen-bond acceptors (Lipinski definition) is 3. The van der Waals surface area contributed by atoms with Crippen molar-refractivity contribution in [2.75, 3.05) is 26.2 Å². The van der Waals surface area contributed by atoms with Crippen LogP contribution in [0.25, 0.3) is 0 Å². The first-order chi connectivity index (χ1) is 8.79. The highest BCUT2D eigenvalue weighted by atomic mass is 16.5. The van der Waals surface area contributed by atoms with Crippen molar-refractivity contribution in [2.45, 2.75) is 64.1 Å². The molecule has 0 spiro atoms. The molecule has 2 atom stereocenters. The monoisotopic (exact) mass is 255 g/mol. The molecule has 2 aliphatic rings. The molecule has 3 nitrogen and oxygen atoms in total. The first kappa shape index (κ1) is 14.3. The largest absolute Gasteiger partial charge is 0.393 e. The lowest BCUT2D eigenvalue weighted by atomic mass is 9.95. The molecule has 1 N–H and O–H groups in total. The normalized spacial score (nSPS) is 32.3. The summed E-state index contributed by atoms with van der Waals surface area (Å²) in [5, 5.41) is 10.2. The number of nitrogens with zero attached hydrogens (tertiary/aromatic N) is 1. The molecule has 2 unspecified atom stereocenters. The fraction of sp³-hybridized carbons (Fsp3) is 1.00. The Bertz CT molecular complexity index is 227. The van der Waals surface area contributed by atoms with Crippen LogP contribution in [0.4, 0.5) is 0 Å². The van der Waals surface area contributed by atoms with Crippen molar-refractivity contribution in [3.63, 3.8) is 0 Å². The average Bonchev–Trinajstić information content (AvgIpc) is 2.58. The summed E-state index contributed by atoms with van der Waals surface area (Å²) in [6.07, 6.45) is 8.80. The number of rotatable bonds is 4. The predicted octanol–water partition coefficient (Wildman–Crippen LogP) is 2.43. The molecule has 1 heterocycles. The van der Waals surface area contributed by atoms with Gasteiger partial charge in [0.15, 0.2) is 0 Å². The van der Waals surface area contributed by atoms with E-state index in [9.17, 15) is 5.11 Å². The Balaban J connectivity index is 1.73. The third-order valence-corrected chi connectivity index (χ3v) is 4.55.